The number of amides is 1. The SMILES string of the molecule is CCCC1(C(=O)N[C@@H](CCC(=O)OC)C(=O)O)CCCN1. The Labute approximate surface area is 124 Å². The zero-order valence-electron chi connectivity index (χ0n) is 12.6. The highest BCUT2D eigenvalue weighted by Crippen LogP contribution is 2.25. The van der Waals surface area contributed by atoms with Gasteiger partial charge in [0.25, 0.3) is 0 Å². The van der Waals surface area contributed by atoms with Gasteiger partial charge in [-0.1, -0.05) is 13.3 Å². The van der Waals surface area contributed by atoms with Crippen molar-refractivity contribution < 1.29 is 24.2 Å². The van der Waals surface area contributed by atoms with Crippen molar-refractivity contribution >= 4 is 17.8 Å². The Balaban J connectivity index is 2.66. The van der Waals surface area contributed by atoms with Crippen molar-refractivity contribution in [2.24, 2.45) is 0 Å². The number of hydrogen-bond donors (Lipinski definition) is 3. The van der Waals surface area contributed by atoms with Crippen LogP contribution in [0.5, 0.6) is 0 Å². The van der Waals surface area contributed by atoms with E-state index in [1.807, 2.05) is 6.92 Å². The average Bonchev–Trinajstić information content (AvgIpc) is 2.92. The van der Waals surface area contributed by atoms with E-state index in [2.05, 4.69) is 15.4 Å². The van der Waals surface area contributed by atoms with Gasteiger partial charge in [0, 0.05) is 6.42 Å². The first kappa shape index (κ1) is 17.4. The minimum absolute atomic E-state index is 0.0238. The summed E-state index contributed by atoms with van der Waals surface area (Å²) >= 11 is 0. The fraction of sp³-hybridized carbons (Fsp3) is 0.786. The van der Waals surface area contributed by atoms with Crippen LogP contribution in [0, 0.1) is 0 Å². The van der Waals surface area contributed by atoms with Crippen LogP contribution in [-0.4, -0.2) is 48.2 Å². The van der Waals surface area contributed by atoms with Crippen LogP contribution in [0.25, 0.3) is 0 Å². The quantitative estimate of drug-likeness (QED) is 0.562. The molecule has 1 aliphatic heterocycles. The molecule has 7 nitrogen and oxygen atoms in total. The van der Waals surface area contributed by atoms with Gasteiger partial charge in [-0.2, -0.15) is 0 Å². The molecule has 21 heavy (non-hydrogen) atoms. The second kappa shape index (κ2) is 7.97. The van der Waals surface area contributed by atoms with Crippen molar-refractivity contribution in [1.82, 2.24) is 10.6 Å². The largest absolute Gasteiger partial charge is 0.480 e. The lowest BCUT2D eigenvalue weighted by molar-refractivity contribution is -0.145. The van der Waals surface area contributed by atoms with Gasteiger partial charge < -0.3 is 20.5 Å². The van der Waals surface area contributed by atoms with Gasteiger partial charge in [0.15, 0.2) is 0 Å². The van der Waals surface area contributed by atoms with Crippen molar-refractivity contribution in [2.75, 3.05) is 13.7 Å². The monoisotopic (exact) mass is 300 g/mol. The van der Waals surface area contributed by atoms with E-state index in [0.717, 1.165) is 19.4 Å². The summed E-state index contributed by atoms with van der Waals surface area (Å²) in [4.78, 5) is 34.8. The summed E-state index contributed by atoms with van der Waals surface area (Å²) < 4.78 is 4.49. The smallest absolute Gasteiger partial charge is 0.326 e. The number of methoxy groups -OCH3 is 1. The van der Waals surface area contributed by atoms with E-state index < -0.39 is 23.5 Å². The molecule has 1 rings (SSSR count). The molecule has 0 aromatic heterocycles. The van der Waals surface area contributed by atoms with Gasteiger partial charge in [-0.15, -0.1) is 0 Å². The van der Waals surface area contributed by atoms with Gasteiger partial charge in [0.2, 0.25) is 5.91 Å². The fourth-order valence-corrected chi connectivity index (χ4v) is 2.67. The van der Waals surface area contributed by atoms with E-state index in [0.29, 0.717) is 12.8 Å². The number of carbonyl (C=O) groups excluding carboxylic acids is 2. The molecular weight excluding hydrogens is 276 g/mol. The van der Waals surface area contributed by atoms with E-state index in [-0.39, 0.29) is 18.7 Å². The number of rotatable bonds is 8. The van der Waals surface area contributed by atoms with E-state index in [4.69, 9.17) is 0 Å². The summed E-state index contributed by atoms with van der Waals surface area (Å²) in [7, 11) is 1.25. The van der Waals surface area contributed by atoms with E-state index in [1.54, 1.807) is 0 Å². The maximum Gasteiger partial charge on any atom is 0.326 e. The molecular formula is C14H24N2O5. The molecule has 0 radical (unpaired) electrons. The lowest BCUT2D eigenvalue weighted by atomic mass is 9.90. The molecule has 1 unspecified atom stereocenters. The minimum atomic E-state index is -1.14. The Morgan fingerprint density at radius 1 is 1.43 bits per heavy atom. The Kier molecular flexibility index (Phi) is 6.61. The molecule has 1 amide bonds. The fourth-order valence-electron chi connectivity index (χ4n) is 2.67. The van der Waals surface area contributed by atoms with Crippen LogP contribution in [-0.2, 0) is 19.1 Å². The third-order valence-electron chi connectivity index (χ3n) is 3.82. The molecule has 0 aromatic carbocycles. The van der Waals surface area contributed by atoms with Crippen molar-refractivity contribution in [3.8, 4) is 0 Å². The molecule has 2 atom stereocenters. The van der Waals surface area contributed by atoms with Crippen molar-refractivity contribution in [2.45, 2.75) is 57.0 Å². The van der Waals surface area contributed by atoms with Crippen molar-refractivity contribution in [3.63, 3.8) is 0 Å². The zero-order chi connectivity index (χ0) is 15.9. The first-order chi connectivity index (χ1) is 9.95. The second-order valence-corrected chi connectivity index (χ2v) is 5.34. The number of carboxylic acids is 1. The number of nitrogens with one attached hydrogen (secondary N) is 2. The van der Waals surface area contributed by atoms with Crippen LogP contribution in [0.1, 0.15) is 45.4 Å². The maximum absolute atomic E-state index is 12.4. The molecule has 1 fully saturated rings. The molecule has 1 heterocycles. The number of carbonyl (C=O) groups is 3. The summed E-state index contributed by atoms with van der Waals surface area (Å²) in [5.74, 6) is -1.92. The number of hydrogen-bond acceptors (Lipinski definition) is 5. The van der Waals surface area contributed by atoms with Gasteiger partial charge in [-0.05, 0) is 32.2 Å². The highest BCUT2D eigenvalue weighted by molar-refractivity contribution is 5.90. The Morgan fingerprint density at radius 3 is 2.62 bits per heavy atom. The third-order valence-corrected chi connectivity index (χ3v) is 3.82. The van der Waals surface area contributed by atoms with Gasteiger partial charge in [0.05, 0.1) is 12.6 Å². The molecule has 0 bridgehead atoms. The van der Waals surface area contributed by atoms with Crippen LogP contribution >= 0.6 is 0 Å². The standard InChI is InChI=1S/C14H24N2O5/c1-3-7-14(8-4-9-15-14)13(20)16-10(12(18)19)5-6-11(17)21-2/h10,15H,3-9H2,1-2H3,(H,16,20)(H,18,19)/t10-,14?/m0/s1. The van der Waals surface area contributed by atoms with Crippen molar-refractivity contribution in [3.05, 3.63) is 0 Å². The average molecular weight is 300 g/mol. The van der Waals surface area contributed by atoms with Crippen LogP contribution in [0.4, 0.5) is 0 Å². The molecule has 1 saturated heterocycles. The molecule has 0 spiro atoms. The summed E-state index contributed by atoms with van der Waals surface area (Å²) in [6, 6.07) is -1.08. The minimum Gasteiger partial charge on any atom is -0.480 e. The molecule has 3 N–H and O–H groups in total. The molecule has 0 aromatic rings. The van der Waals surface area contributed by atoms with Gasteiger partial charge >= 0.3 is 11.9 Å². The lowest BCUT2D eigenvalue weighted by Gasteiger charge is -2.29. The highest BCUT2D eigenvalue weighted by Gasteiger charge is 2.41. The van der Waals surface area contributed by atoms with E-state index in [1.165, 1.54) is 7.11 Å². The van der Waals surface area contributed by atoms with E-state index >= 15 is 0 Å². The lowest BCUT2D eigenvalue weighted by Crippen LogP contribution is -2.57. The van der Waals surface area contributed by atoms with Crippen molar-refractivity contribution in [1.29, 1.82) is 0 Å². The maximum atomic E-state index is 12.4. The third kappa shape index (κ3) is 4.70. The number of esters is 1. The summed E-state index contributed by atoms with van der Waals surface area (Å²) in [5, 5.41) is 14.9. The van der Waals surface area contributed by atoms with Crippen LogP contribution in [0.3, 0.4) is 0 Å². The second-order valence-electron chi connectivity index (χ2n) is 5.34. The van der Waals surface area contributed by atoms with Gasteiger partial charge in [-0.3, -0.25) is 9.59 Å². The highest BCUT2D eigenvalue weighted by atomic mass is 16.5. The number of ether oxygens (including phenoxy) is 1. The van der Waals surface area contributed by atoms with Gasteiger partial charge in [0.1, 0.15) is 6.04 Å². The predicted molar refractivity (Wildman–Crippen MR) is 75.7 cm³/mol. The topological polar surface area (TPSA) is 105 Å². The summed E-state index contributed by atoms with van der Waals surface area (Å²) in [6.07, 6.45) is 3.09. The zero-order valence-corrected chi connectivity index (χ0v) is 12.6. The van der Waals surface area contributed by atoms with Crippen LogP contribution in [0.15, 0.2) is 0 Å². The van der Waals surface area contributed by atoms with Crippen LogP contribution < -0.4 is 10.6 Å². The first-order valence-electron chi connectivity index (χ1n) is 7.31. The van der Waals surface area contributed by atoms with Crippen LogP contribution in [0.2, 0.25) is 0 Å². The number of carboxylic acid groups (broad SMARTS) is 1. The molecule has 0 aliphatic carbocycles. The molecule has 1 aliphatic rings. The predicted octanol–water partition coefficient (Wildman–Crippen LogP) is 0.431. The normalized spacial score (nSPS) is 22.6. The Hall–Kier alpha value is -1.63. The Bertz CT molecular complexity index is 391. The van der Waals surface area contributed by atoms with Gasteiger partial charge in [-0.25, -0.2) is 4.79 Å². The molecule has 0 saturated carbocycles. The molecule has 7 heteroatoms. The summed E-state index contributed by atoms with van der Waals surface area (Å²) in [5.41, 5.74) is -0.673. The molecule has 120 valence electrons. The first-order valence-corrected chi connectivity index (χ1v) is 7.31. The Morgan fingerprint density at radius 2 is 2.14 bits per heavy atom. The van der Waals surface area contributed by atoms with E-state index in [9.17, 15) is 19.5 Å². The summed E-state index contributed by atoms with van der Waals surface area (Å²) in [6.45, 7) is 2.74. The number of aliphatic carboxylic acids is 1.